The highest BCUT2D eigenvalue weighted by molar-refractivity contribution is 5.94. The van der Waals surface area contributed by atoms with Crippen molar-refractivity contribution in [3.05, 3.63) is 70.8 Å². The molecule has 0 saturated heterocycles. The lowest BCUT2D eigenvalue weighted by Gasteiger charge is -2.25. The molecule has 1 atom stereocenters. The van der Waals surface area contributed by atoms with E-state index < -0.39 is 0 Å². The summed E-state index contributed by atoms with van der Waals surface area (Å²) in [5.74, 6) is 0.0154. The molecule has 1 N–H and O–H groups in total. The number of rotatable bonds is 3. The van der Waals surface area contributed by atoms with Gasteiger partial charge in [-0.25, -0.2) is 0 Å². The molecule has 0 bridgehead atoms. The highest BCUT2D eigenvalue weighted by Crippen LogP contribution is 2.31. The average molecular weight is 279 g/mol. The van der Waals surface area contributed by atoms with E-state index in [0.29, 0.717) is 0 Å². The molecule has 0 radical (unpaired) electrons. The Hall–Kier alpha value is -2.09. The van der Waals surface area contributed by atoms with Crippen LogP contribution in [0.25, 0.3) is 0 Å². The van der Waals surface area contributed by atoms with Gasteiger partial charge in [-0.2, -0.15) is 0 Å². The fourth-order valence-corrected chi connectivity index (χ4v) is 3.16. The van der Waals surface area contributed by atoms with Crippen molar-refractivity contribution in [3.63, 3.8) is 0 Å². The second-order valence-corrected chi connectivity index (χ2v) is 6.19. The van der Waals surface area contributed by atoms with Crippen LogP contribution >= 0.6 is 0 Å². The van der Waals surface area contributed by atoms with Crippen LogP contribution in [-0.2, 0) is 19.3 Å². The largest absolute Gasteiger partial charge is 0.346 e. The lowest BCUT2D eigenvalue weighted by atomic mass is 9.98. The molecule has 1 aliphatic rings. The fraction of sp³-hybridized carbons (Fsp3) is 0.316. The fourth-order valence-electron chi connectivity index (χ4n) is 3.16. The molecule has 2 aromatic carbocycles. The second kappa shape index (κ2) is 5.36. The minimum atomic E-state index is -0.179. The number of hydrogen-bond acceptors (Lipinski definition) is 1. The van der Waals surface area contributed by atoms with Crippen LogP contribution in [0, 0.1) is 0 Å². The minimum Gasteiger partial charge on any atom is -0.346 e. The van der Waals surface area contributed by atoms with Crippen molar-refractivity contribution in [2.75, 3.05) is 0 Å². The predicted molar refractivity (Wildman–Crippen MR) is 85.5 cm³/mol. The molecule has 0 aromatic heterocycles. The standard InChI is InChI=1S/C19H21NO/c1-3-14-9-10-16-12-19(2,13-17(16)11-14)20-18(21)15-7-5-4-6-8-15/h4-11H,3,12-13H2,1-2H3,(H,20,21)/t19-/m1/s1. The Kier molecular flexibility index (Phi) is 3.54. The van der Waals surface area contributed by atoms with Gasteiger partial charge in [-0.3, -0.25) is 4.79 Å². The monoisotopic (exact) mass is 279 g/mol. The molecule has 0 saturated carbocycles. The molecule has 2 heteroatoms. The van der Waals surface area contributed by atoms with Crippen LogP contribution in [0.3, 0.4) is 0 Å². The molecule has 0 spiro atoms. The molecule has 1 amide bonds. The lowest BCUT2D eigenvalue weighted by molar-refractivity contribution is 0.0909. The molecular weight excluding hydrogens is 258 g/mol. The van der Waals surface area contributed by atoms with E-state index >= 15 is 0 Å². The van der Waals surface area contributed by atoms with Gasteiger partial charge in [-0.1, -0.05) is 43.3 Å². The molecule has 0 heterocycles. The van der Waals surface area contributed by atoms with Crippen LogP contribution in [-0.4, -0.2) is 11.4 Å². The molecule has 0 aliphatic heterocycles. The van der Waals surface area contributed by atoms with Crippen molar-refractivity contribution in [1.82, 2.24) is 5.32 Å². The van der Waals surface area contributed by atoms with Gasteiger partial charge in [0.1, 0.15) is 0 Å². The number of benzene rings is 2. The molecule has 3 rings (SSSR count). The summed E-state index contributed by atoms with van der Waals surface area (Å²) in [4.78, 5) is 12.4. The van der Waals surface area contributed by atoms with Crippen molar-refractivity contribution in [3.8, 4) is 0 Å². The predicted octanol–water partition coefficient (Wildman–Crippen LogP) is 3.54. The average Bonchev–Trinajstić information content (AvgIpc) is 2.82. The van der Waals surface area contributed by atoms with Gasteiger partial charge in [0.2, 0.25) is 0 Å². The Balaban J connectivity index is 1.77. The van der Waals surface area contributed by atoms with Crippen LogP contribution in [0.5, 0.6) is 0 Å². The first-order valence-electron chi connectivity index (χ1n) is 7.58. The Morgan fingerprint density at radius 3 is 2.52 bits per heavy atom. The molecule has 21 heavy (non-hydrogen) atoms. The normalized spacial score (nSPS) is 20.1. The molecular formula is C19H21NO. The van der Waals surface area contributed by atoms with E-state index in [4.69, 9.17) is 0 Å². The zero-order valence-electron chi connectivity index (χ0n) is 12.6. The van der Waals surface area contributed by atoms with E-state index in [1.807, 2.05) is 30.3 Å². The maximum atomic E-state index is 12.4. The van der Waals surface area contributed by atoms with Crippen LogP contribution in [0.15, 0.2) is 48.5 Å². The third kappa shape index (κ3) is 2.85. The van der Waals surface area contributed by atoms with E-state index in [0.717, 1.165) is 24.8 Å². The van der Waals surface area contributed by atoms with Crippen molar-refractivity contribution < 1.29 is 4.79 Å². The summed E-state index contributed by atoms with van der Waals surface area (Å²) < 4.78 is 0. The quantitative estimate of drug-likeness (QED) is 0.915. The summed E-state index contributed by atoms with van der Waals surface area (Å²) in [7, 11) is 0. The number of carbonyl (C=O) groups is 1. The van der Waals surface area contributed by atoms with E-state index in [2.05, 4.69) is 37.4 Å². The molecule has 108 valence electrons. The Labute approximate surface area is 126 Å². The van der Waals surface area contributed by atoms with Crippen LogP contribution in [0.2, 0.25) is 0 Å². The Bertz CT molecular complexity index is 663. The molecule has 0 fully saturated rings. The molecule has 1 aliphatic carbocycles. The van der Waals surface area contributed by atoms with Gasteiger partial charge in [0.25, 0.3) is 5.91 Å². The van der Waals surface area contributed by atoms with Gasteiger partial charge in [0, 0.05) is 11.1 Å². The van der Waals surface area contributed by atoms with Crippen molar-refractivity contribution in [1.29, 1.82) is 0 Å². The van der Waals surface area contributed by atoms with E-state index in [9.17, 15) is 4.79 Å². The number of hydrogen-bond donors (Lipinski definition) is 1. The van der Waals surface area contributed by atoms with Crippen molar-refractivity contribution in [2.45, 2.75) is 38.6 Å². The molecule has 2 aromatic rings. The SMILES string of the molecule is CCc1ccc2c(c1)C[C@](C)(NC(=O)c1ccccc1)C2. The summed E-state index contributed by atoms with van der Waals surface area (Å²) in [6.07, 6.45) is 2.88. The third-order valence-corrected chi connectivity index (χ3v) is 4.29. The van der Waals surface area contributed by atoms with E-state index in [1.165, 1.54) is 16.7 Å². The van der Waals surface area contributed by atoms with Gasteiger partial charge < -0.3 is 5.32 Å². The number of fused-ring (bicyclic) bond motifs is 1. The zero-order valence-corrected chi connectivity index (χ0v) is 12.6. The summed E-state index contributed by atoms with van der Waals surface area (Å²) in [5, 5.41) is 3.22. The summed E-state index contributed by atoms with van der Waals surface area (Å²) in [6, 6.07) is 16.1. The third-order valence-electron chi connectivity index (χ3n) is 4.29. The number of nitrogens with one attached hydrogen (secondary N) is 1. The number of carbonyl (C=O) groups excluding carboxylic acids is 1. The summed E-state index contributed by atoms with van der Waals surface area (Å²) in [5.41, 5.74) is 4.66. The lowest BCUT2D eigenvalue weighted by Crippen LogP contribution is -2.46. The van der Waals surface area contributed by atoms with Gasteiger partial charge >= 0.3 is 0 Å². The number of amides is 1. The highest BCUT2D eigenvalue weighted by Gasteiger charge is 2.34. The topological polar surface area (TPSA) is 29.1 Å². The van der Waals surface area contributed by atoms with E-state index in [-0.39, 0.29) is 11.4 Å². The first kappa shape index (κ1) is 13.9. The Morgan fingerprint density at radius 1 is 1.10 bits per heavy atom. The van der Waals surface area contributed by atoms with Gasteiger partial charge in [0.05, 0.1) is 0 Å². The highest BCUT2D eigenvalue weighted by atomic mass is 16.1. The number of aryl methyl sites for hydroxylation is 1. The maximum absolute atomic E-state index is 12.4. The van der Waals surface area contributed by atoms with E-state index in [1.54, 1.807) is 0 Å². The summed E-state index contributed by atoms with van der Waals surface area (Å²) in [6.45, 7) is 4.31. The van der Waals surface area contributed by atoms with Crippen LogP contribution in [0.4, 0.5) is 0 Å². The molecule has 2 nitrogen and oxygen atoms in total. The van der Waals surface area contributed by atoms with Gasteiger partial charge in [-0.15, -0.1) is 0 Å². The molecule has 0 unspecified atom stereocenters. The van der Waals surface area contributed by atoms with Gasteiger partial charge in [-0.05, 0) is 55.0 Å². The maximum Gasteiger partial charge on any atom is 0.251 e. The van der Waals surface area contributed by atoms with Crippen molar-refractivity contribution in [2.24, 2.45) is 0 Å². The van der Waals surface area contributed by atoms with Crippen LogP contribution in [0.1, 0.15) is 40.9 Å². The minimum absolute atomic E-state index is 0.0154. The summed E-state index contributed by atoms with van der Waals surface area (Å²) >= 11 is 0. The van der Waals surface area contributed by atoms with Crippen molar-refractivity contribution >= 4 is 5.91 Å². The zero-order chi connectivity index (χ0) is 14.9. The Morgan fingerprint density at radius 2 is 1.81 bits per heavy atom. The second-order valence-electron chi connectivity index (χ2n) is 6.19. The van der Waals surface area contributed by atoms with Gasteiger partial charge in [0.15, 0.2) is 0 Å². The smallest absolute Gasteiger partial charge is 0.251 e. The van der Waals surface area contributed by atoms with Crippen LogP contribution < -0.4 is 5.32 Å². The first-order chi connectivity index (χ1) is 10.1. The first-order valence-corrected chi connectivity index (χ1v) is 7.58.